The molecular weight excluding hydrogens is 265 g/mol. The van der Waals surface area contributed by atoms with Gasteiger partial charge in [0.15, 0.2) is 0 Å². The van der Waals surface area contributed by atoms with Crippen LogP contribution >= 0.6 is 11.6 Å². The van der Waals surface area contributed by atoms with Gasteiger partial charge >= 0.3 is 0 Å². The summed E-state index contributed by atoms with van der Waals surface area (Å²) in [4.78, 5) is 0. The monoisotopic (exact) mass is 279 g/mol. The van der Waals surface area contributed by atoms with Crippen molar-refractivity contribution in [3.05, 3.63) is 64.4 Å². The highest BCUT2D eigenvalue weighted by atomic mass is 35.5. The summed E-state index contributed by atoms with van der Waals surface area (Å²) in [5, 5.41) is 13.1. The van der Waals surface area contributed by atoms with Crippen molar-refractivity contribution in [2.45, 2.75) is 19.5 Å². The molecule has 0 saturated heterocycles. The zero-order valence-electron chi connectivity index (χ0n) is 10.5. The quantitative estimate of drug-likeness (QED) is 0.885. The fourth-order valence-electron chi connectivity index (χ4n) is 1.88. The minimum Gasteiger partial charge on any atom is -0.508 e. The first kappa shape index (κ1) is 13.8. The van der Waals surface area contributed by atoms with E-state index >= 15 is 0 Å². The molecule has 0 aliphatic rings. The van der Waals surface area contributed by atoms with Gasteiger partial charge in [0.05, 0.1) is 5.02 Å². The third-order valence-corrected chi connectivity index (χ3v) is 3.29. The predicted molar refractivity (Wildman–Crippen MR) is 74.8 cm³/mol. The van der Waals surface area contributed by atoms with Gasteiger partial charge in [-0.1, -0.05) is 35.9 Å². The van der Waals surface area contributed by atoms with E-state index in [0.717, 1.165) is 11.1 Å². The van der Waals surface area contributed by atoms with E-state index in [0.29, 0.717) is 6.54 Å². The SMILES string of the molecule is CC(NCc1ccc(F)c(Cl)c1)c1ccccc1O. The molecule has 0 fully saturated rings. The minimum absolute atomic E-state index is 0.00923. The first-order valence-electron chi connectivity index (χ1n) is 6.03. The van der Waals surface area contributed by atoms with Crippen molar-refractivity contribution in [2.24, 2.45) is 0 Å². The molecule has 0 bridgehead atoms. The van der Waals surface area contributed by atoms with Crippen molar-refractivity contribution < 1.29 is 9.50 Å². The van der Waals surface area contributed by atoms with Gasteiger partial charge in [0.25, 0.3) is 0 Å². The topological polar surface area (TPSA) is 32.3 Å². The molecule has 0 aliphatic heterocycles. The number of hydrogen-bond donors (Lipinski definition) is 2. The summed E-state index contributed by atoms with van der Waals surface area (Å²) in [7, 11) is 0. The molecule has 1 unspecified atom stereocenters. The number of para-hydroxylation sites is 1. The molecule has 0 aliphatic carbocycles. The molecule has 1 atom stereocenters. The van der Waals surface area contributed by atoms with Gasteiger partial charge in [0.1, 0.15) is 11.6 Å². The largest absolute Gasteiger partial charge is 0.508 e. The van der Waals surface area contributed by atoms with Crippen molar-refractivity contribution in [2.75, 3.05) is 0 Å². The number of rotatable bonds is 4. The minimum atomic E-state index is -0.417. The van der Waals surface area contributed by atoms with Crippen LogP contribution in [-0.2, 0) is 6.54 Å². The van der Waals surface area contributed by atoms with Crippen molar-refractivity contribution in [1.29, 1.82) is 0 Å². The standard InChI is InChI=1S/C15H15ClFNO/c1-10(12-4-2-3-5-15(12)19)18-9-11-6-7-14(17)13(16)8-11/h2-8,10,18-19H,9H2,1H3. The lowest BCUT2D eigenvalue weighted by Gasteiger charge is -2.15. The Hall–Kier alpha value is -1.58. The maximum atomic E-state index is 13.0. The summed E-state index contributed by atoms with van der Waals surface area (Å²) < 4.78 is 13.0. The maximum Gasteiger partial charge on any atom is 0.141 e. The van der Waals surface area contributed by atoms with Crippen LogP contribution in [0.5, 0.6) is 5.75 Å². The van der Waals surface area contributed by atoms with Crippen molar-refractivity contribution in [3.8, 4) is 5.75 Å². The van der Waals surface area contributed by atoms with E-state index < -0.39 is 5.82 Å². The number of hydrogen-bond acceptors (Lipinski definition) is 2. The van der Waals surface area contributed by atoms with E-state index in [1.165, 1.54) is 6.07 Å². The molecule has 2 aromatic carbocycles. The molecule has 0 spiro atoms. The molecule has 100 valence electrons. The van der Waals surface area contributed by atoms with E-state index in [4.69, 9.17) is 11.6 Å². The summed E-state index contributed by atoms with van der Waals surface area (Å²) >= 11 is 5.73. The second kappa shape index (κ2) is 6.04. The Labute approximate surface area is 116 Å². The van der Waals surface area contributed by atoms with Crippen LogP contribution in [0.3, 0.4) is 0 Å². The van der Waals surface area contributed by atoms with Gasteiger partial charge < -0.3 is 10.4 Å². The highest BCUT2D eigenvalue weighted by molar-refractivity contribution is 6.30. The van der Waals surface area contributed by atoms with Crippen LogP contribution in [0.2, 0.25) is 5.02 Å². The van der Waals surface area contributed by atoms with E-state index in [9.17, 15) is 9.50 Å². The Morgan fingerprint density at radius 2 is 2.00 bits per heavy atom. The Balaban J connectivity index is 2.02. The number of nitrogens with one attached hydrogen (secondary N) is 1. The van der Waals surface area contributed by atoms with Crippen LogP contribution in [0.25, 0.3) is 0 Å². The highest BCUT2D eigenvalue weighted by Crippen LogP contribution is 2.23. The van der Waals surface area contributed by atoms with E-state index in [2.05, 4.69) is 5.32 Å². The van der Waals surface area contributed by atoms with Crippen molar-refractivity contribution in [1.82, 2.24) is 5.32 Å². The molecular formula is C15H15ClFNO. The van der Waals surface area contributed by atoms with Crippen LogP contribution in [0.1, 0.15) is 24.1 Å². The highest BCUT2D eigenvalue weighted by Gasteiger charge is 2.09. The number of benzene rings is 2. The number of halogens is 2. The number of phenols is 1. The number of aromatic hydroxyl groups is 1. The molecule has 0 aromatic heterocycles. The predicted octanol–water partition coefficient (Wildman–Crippen LogP) is 4.04. The zero-order valence-corrected chi connectivity index (χ0v) is 11.3. The summed E-state index contributed by atoms with van der Waals surface area (Å²) in [6, 6.07) is 11.8. The molecule has 2 N–H and O–H groups in total. The Morgan fingerprint density at radius 1 is 1.26 bits per heavy atom. The average Bonchev–Trinajstić information content (AvgIpc) is 2.40. The Kier molecular flexibility index (Phi) is 4.40. The first-order chi connectivity index (χ1) is 9.08. The summed E-state index contributed by atoms with van der Waals surface area (Å²) in [5.74, 6) is -0.154. The molecule has 19 heavy (non-hydrogen) atoms. The third-order valence-electron chi connectivity index (χ3n) is 3.00. The van der Waals surface area contributed by atoms with Gasteiger partial charge in [0.2, 0.25) is 0 Å². The van der Waals surface area contributed by atoms with Crippen LogP contribution in [0.4, 0.5) is 4.39 Å². The van der Waals surface area contributed by atoms with Crippen LogP contribution in [0.15, 0.2) is 42.5 Å². The lowest BCUT2D eigenvalue weighted by Crippen LogP contribution is -2.18. The van der Waals surface area contributed by atoms with Gasteiger partial charge in [-0.3, -0.25) is 0 Å². The molecule has 2 nitrogen and oxygen atoms in total. The molecule has 2 aromatic rings. The second-order valence-corrected chi connectivity index (χ2v) is 4.82. The number of phenolic OH excluding ortho intramolecular Hbond substituents is 1. The zero-order chi connectivity index (χ0) is 13.8. The van der Waals surface area contributed by atoms with Crippen molar-refractivity contribution in [3.63, 3.8) is 0 Å². The summed E-state index contributed by atoms with van der Waals surface area (Å²) in [6.45, 7) is 2.51. The second-order valence-electron chi connectivity index (χ2n) is 4.41. The summed E-state index contributed by atoms with van der Waals surface area (Å²) in [5.41, 5.74) is 1.73. The first-order valence-corrected chi connectivity index (χ1v) is 6.41. The smallest absolute Gasteiger partial charge is 0.141 e. The van der Waals surface area contributed by atoms with E-state index in [1.807, 2.05) is 19.1 Å². The lowest BCUT2D eigenvalue weighted by atomic mass is 10.1. The van der Waals surface area contributed by atoms with Gasteiger partial charge in [-0.25, -0.2) is 4.39 Å². The normalized spacial score (nSPS) is 12.4. The lowest BCUT2D eigenvalue weighted by molar-refractivity contribution is 0.452. The molecule has 2 rings (SSSR count). The van der Waals surface area contributed by atoms with Crippen LogP contribution < -0.4 is 5.32 Å². The average molecular weight is 280 g/mol. The third kappa shape index (κ3) is 3.46. The van der Waals surface area contributed by atoms with Gasteiger partial charge in [0, 0.05) is 18.2 Å². The van der Waals surface area contributed by atoms with Crippen molar-refractivity contribution >= 4 is 11.6 Å². The molecule has 0 amide bonds. The summed E-state index contributed by atoms with van der Waals surface area (Å²) in [6.07, 6.45) is 0. The maximum absolute atomic E-state index is 13.0. The molecule has 4 heteroatoms. The fraction of sp³-hybridized carbons (Fsp3) is 0.200. The van der Waals surface area contributed by atoms with Gasteiger partial charge in [-0.05, 0) is 30.7 Å². The van der Waals surface area contributed by atoms with Crippen LogP contribution in [-0.4, -0.2) is 5.11 Å². The molecule has 0 saturated carbocycles. The van der Waals surface area contributed by atoms with Crippen LogP contribution in [0, 0.1) is 5.82 Å². The molecule has 0 radical (unpaired) electrons. The van der Waals surface area contributed by atoms with E-state index in [1.54, 1.807) is 24.3 Å². The molecule has 0 heterocycles. The van der Waals surface area contributed by atoms with Gasteiger partial charge in [-0.15, -0.1) is 0 Å². The van der Waals surface area contributed by atoms with Gasteiger partial charge in [-0.2, -0.15) is 0 Å². The Bertz CT molecular complexity index is 574. The fourth-order valence-corrected chi connectivity index (χ4v) is 2.09. The van der Waals surface area contributed by atoms with E-state index in [-0.39, 0.29) is 16.8 Å². The Morgan fingerprint density at radius 3 is 2.68 bits per heavy atom.